The molecule has 0 aliphatic heterocycles. The third kappa shape index (κ3) is 3.07. The summed E-state index contributed by atoms with van der Waals surface area (Å²) in [6.07, 6.45) is 10.8. The molecule has 1 aromatic rings. The quantitative estimate of drug-likeness (QED) is 0.707. The van der Waals surface area contributed by atoms with Gasteiger partial charge in [0, 0.05) is 23.8 Å². The van der Waals surface area contributed by atoms with Crippen LogP contribution in [-0.2, 0) is 6.54 Å². The van der Waals surface area contributed by atoms with Gasteiger partial charge in [0.1, 0.15) is 0 Å². The largest absolute Gasteiger partial charge is 0.272 e. The maximum atomic E-state index is 4.43. The minimum absolute atomic E-state index is 0. The normalized spacial score (nSPS) is 41.6. The van der Waals surface area contributed by atoms with Crippen molar-refractivity contribution in [2.45, 2.75) is 64.8 Å². The zero-order chi connectivity index (χ0) is 12.8. The summed E-state index contributed by atoms with van der Waals surface area (Å²) >= 11 is 3.91. The average molecular weight is 327 g/mol. The van der Waals surface area contributed by atoms with Crippen LogP contribution in [0.3, 0.4) is 0 Å². The van der Waals surface area contributed by atoms with E-state index in [9.17, 15) is 0 Å². The number of aromatic nitrogens is 2. The van der Waals surface area contributed by atoms with Crippen LogP contribution < -0.4 is 0 Å². The minimum atomic E-state index is 0. The Morgan fingerprint density at radius 2 is 2.11 bits per heavy atom. The lowest BCUT2D eigenvalue weighted by molar-refractivity contribution is -0.0233. The van der Waals surface area contributed by atoms with Gasteiger partial charge in [-0.3, -0.25) is 4.68 Å². The molecule has 0 amide bonds. The molecule has 1 heterocycles. The lowest BCUT2D eigenvalue weighted by atomic mass is 9.53. The van der Waals surface area contributed by atoms with E-state index in [-0.39, 0.29) is 7.43 Å². The summed E-state index contributed by atoms with van der Waals surface area (Å²) in [6, 6.07) is 2.04. The Kier molecular flexibility index (Phi) is 4.15. The van der Waals surface area contributed by atoms with Gasteiger partial charge in [-0.15, -0.1) is 0 Å². The fourth-order valence-electron chi connectivity index (χ4n) is 5.01. The van der Waals surface area contributed by atoms with Gasteiger partial charge in [-0.1, -0.05) is 37.2 Å². The first-order valence-electron chi connectivity index (χ1n) is 7.10. The highest BCUT2D eigenvalue weighted by Crippen LogP contribution is 2.59. The van der Waals surface area contributed by atoms with Crippen LogP contribution in [0.2, 0.25) is 0 Å². The molecule has 1 aromatic heterocycles. The summed E-state index contributed by atoms with van der Waals surface area (Å²) < 4.78 is 2.14. The van der Waals surface area contributed by atoms with Crippen LogP contribution >= 0.6 is 15.9 Å². The van der Waals surface area contributed by atoms with Crippen molar-refractivity contribution in [2.24, 2.45) is 16.7 Å². The summed E-state index contributed by atoms with van der Waals surface area (Å²) in [5.41, 5.74) is 1.00. The van der Waals surface area contributed by atoms with Crippen LogP contribution in [0.5, 0.6) is 0 Å². The smallest absolute Gasteiger partial charge is 0.0489 e. The molecule has 0 saturated heterocycles. The zero-order valence-corrected chi connectivity index (χ0v) is 13.0. The van der Waals surface area contributed by atoms with E-state index in [2.05, 4.69) is 45.8 Å². The predicted octanol–water partition coefficient (Wildman–Crippen LogP) is 4.89. The van der Waals surface area contributed by atoms with Gasteiger partial charge in [0.25, 0.3) is 0 Å². The minimum Gasteiger partial charge on any atom is -0.272 e. The van der Waals surface area contributed by atoms with E-state index in [0.29, 0.717) is 15.7 Å². The summed E-state index contributed by atoms with van der Waals surface area (Å²) in [6.45, 7) is 6.03. The van der Waals surface area contributed by atoms with Gasteiger partial charge in [0.15, 0.2) is 0 Å². The number of fused-ring (bicyclic) bond motifs is 2. The second-order valence-corrected chi connectivity index (χ2v) is 8.50. The van der Waals surface area contributed by atoms with Crippen molar-refractivity contribution >= 4 is 15.9 Å². The maximum absolute atomic E-state index is 4.43. The van der Waals surface area contributed by atoms with Crippen LogP contribution in [0.4, 0.5) is 0 Å². The number of hydrogen-bond acceptors (Lipinski definition) is 1. The Morgan fingerprint density at radius 3 is 2.79 bits per heavy atom. The van der Waals surface area contributed by atoms with Gasteiger partial charge in [-0.2, -0.15) is 5.10 Å². The first-order chi connectivity index (χ1) is 8.49. The van der Waals surface area contributed by atoms with E-state index in [4.69, 9.17) is 0 Å². The lowest BCUT2D eigenvalue weighted by Gasteiger charge is -2.54. The Hall–Kier alpha value is -0.310. The third-order valence-corrected chi connectivity index (χ3v) is 5.50. The molecule has 4 atom stereocenters. The Morgan fingerprint density at radius 1 is 1.32 bits per heavy atom. The van der Waals surface area contributed by atoms with Gasteiger partial charge in [0.2, 0.25) is 0 Å². The fourth-order valence-corrected chi connectivity index (χ4v) is 6.48. The molecule has 2 bridgehead atoms. The number of nitrogens with zero attached hydrogens (tertiary/aromatic N) is 2. The highest BCUT2D eigenvalue weighted by atomic mass is 79.9. The van der Waals surface area contributed by atoms with E-state index in [1.807, 2.05) is 12.3 Å². The first-order valence-corrected chi connectivity index (χ1v) is 8.02. The summed E-state index contributed by atoms with van der Waals surface area (Å²) in [5, 5.41) is 4.43. The molecule has 3 heteroatoms. The topological polar surface area (TPSA) is 17.8 Å². The van der Waals surface area contributed by atoms with E-state index >= 15 is 0 Å². The highest BCUT2D eigenvalue weighted by molar-refractivity contribution is 9.09. The van der Waals surface area contributed by atoms with Crippen LogP contribution in [-0.4, -0.2) is 14.6 Å². The second-order valence-electron chi connectivity index (χ2n) is 7.21. The number of rotatable bonds is 2. The molecule has 108 valence electrons. The zero-order valence-electron chi connectivity index (χ0n) is 11.4. The van der Waals surface area contributed by atoms with Crippen LogP contribution in [0.1, 0.15) is 53.4 Å². The molecular formula is C16H27BrN2. The monoisotopic (exact) mass is 326 g/mol. The molecular weight excluding hydrogens is 300 g/mol. The van der Waals surface area contributed by atoms with Gasteiger partial charge < -0.3 is 0 Å². The van der Waals surface area contributed by atoms with Gasteiger partial charge in [-0.25, -0.2) is 0 Å². The lowest BCUT2D eigenvalue weighted by Crippen LogP contribution is -2.47. The van der Waals surface area contributed by atoms with Crippen molar-refractivity contribution in [3.63, 3.8) is 0 Å². The average Bonchev–Trinajstić information content (AvgIpc) is 2.64. The predicted molar refractivity (Wildman–Crippen MR) is 84.5 cm³/mol. The SMILES string of the molecule is C.CC1CC2(C)CC(Br)CC(Cn3cccn3)(C1)C2. The number of halogens is 1. The van der Waals surface area contributed by atoms with E-state index in [0.717, 1.165) is 12.5 Å². The maximum Gasteiger partial charge on any atom is 0.0489 e. The molecule has 0 aromatic carbocycles. The van der Waals surface area contributed by atoms with Crippen LogP contribution in [0, 0.1) is 16.7 Å². The van der Waals surface area contributed by atoms with E-state index < -0.39 is 0 Å². The molecule has 2 nitrogen and oxygen atoms in total. The van der Waals surface area contributed by atoms with Crippen molar-refractivity contribution in [2.75, 3.05) is 0 Å². The molecule has 0 radical (unpaired) electrons. The van der Waals surface area contributed by atoms with Crippen LogP contribution in [0.25, 0.3) is 0 Å². The molecule has 19 heavy (non-hydrogen) atoms. The standard InChI is InChI=1S/C15H23BrN2.CH4/c1-12-6-14(2)8-13(16)9-15(7-12,10-14)11-18-5-3-4-17-18;/h3-5,12-13H,6-11H2,1-2H3;1H4. The van der Waals surface area contributed by atoms with E-state index in [1.165, 1.54) is 32.1 Å². The molecule has 0 N–H and O–H groups in total. The van der Waals surface area contributed by atoms with Crippen molar-refractivity contribution in [1.29, 1.82) is 0 Å². The molecule has 2 saturated carbocycles. The molecule has 4 unspecified atom stereocenters. The van der Waals surface area contributed by atoms with Gasteiger partial charge in [0.05, 0.1) is 0 Å². The summed E-state index contributed by atoms with van der Waals surface area (Å²) in [5.74, 6) is 0.860. The molecule has 2 fully saturated rings. The molecule has 3 rings (SSSR count). The third-order valence-electron chi connectivity index (χ3n) is 4.85. The van der Waals surface area contributed by atoms with E-state index in [1.54, 1.807) is 0 Å². The number of hydrogen-bond donors (Lipinski definition) is 0. The van der Waals surface area contributed by atoms with Crippen molar-refractivity contribution in [3.05, 3.63) is 18.5 Å². The van der Waals surface area contributed by atoms with Crippen molar-refractivity contribution in [3.8, 4) is 0 Å². The van der Waals surface area contributed by atoms with Gasteiger partial charge in [-0.05, 0) is 54.9 Å². The van der Waals surface area contributed by atoms with Crippen LogP contribution in [0.15, 0.2) is 18.5 Å². The Bertz CT molecular complexity index is 398. The fraction of sp³-hybridized carbons (Fsp3) is 0.812. The Labute approximate surface area is 126 Å². The van der Waals surface area contributed by atoms with Crippen molar-refractivity contribution < 1.29 is 0 Å². The van der Waals surface area contributed by atoms with Crippen molar-refractivity contribution in [1.82, 2.24) is 9.78 Å². The summed E-state index contributed by atoms with van der Waals surface area (Å²) in [4.78, 5) is 0.694. The van der Waals surface area contributed by atoms with Gasteiger partial charge >= 0.3 is 0 Å². The molecule has 0 spiro atoms. The first kappa shape index (κ1) is 15.1. The second kappa shape index (κ2) is 5.23. The highest BCUT2D eigenvalue weighted by Gasteiger charge is 2.50. The Balaban J connectivity index is 0.00000133. The number of alkyl halides is 1. The molecule has 2 aliphatic rings. The summed E-state index contributed by atoms with van der Waals surface area (Å²) in [7, 11) is 0. The molecule has 2 aliphatic carbocycles.